The van der Waals surface area contributed by atoms with Crippen molar-refractivity contribution >= 4 is 11.6 Å². The van der Waals surface area contributed by atoms with Gasteiger partial charge >= 0.3 is 0 Å². The van der Waals surface area contributed by atoms with Crippen LogP contribution in [-0.2, 0) is 13.5 Å². The fourth-order valence-corrected chi connectivity index (χ4v) is 2.38. The van der Waals surface area contributed by atoms with Crippen LogP contribution in [0.15, 0.2) is 42.7 Å². The van der Waals surface area contributed by atoms with Gasteiger partial charge in [0.05, 0.1) is 5.38 Å². The summed E-state index contributed by atoms with van der Waals surface area (Å²) in [6, 6.07) is 10.3. The minimum absolute atomic E-state index is 0.0754. The molecule has 1 aromatic heterocycles. The zero-order valence-corrected chi connectivity index (χ0v) is 11.6. The van der Waals surface area contributed by atoms with Gasteiger partial charge in [0, 0.05) is 25.9 Å². The van der Waals surface area contributed by atoms with Gasteiger partial charge in [-0.05, 0) is 17.9 Å². The molecule has 2 aromatic rings. The predicted molar refractivity (Wildman–Crippen MR) is 75.7 cm³/mol. The lowest BCUT2D eigenvalue weighted by molar-refractivity contribution is 0.503. The Morgan fingerprint density at radius 3 is 2.61 bits per heavy atom. The van der Waals surface area contributed by atoms with Crippen LogP contribution in [-0.4, -0.2) is 9.55 Å². The van der Waals surface area contributed by atoms with Crippen LogP contribution in [0.4, 0.5) is 0 Å². The van der Waals surface area contributed by atoms with Gasteiger partial charge in [-0.3, -0.25) is 0 Å². The zero-order valence-electron chi connectivity index (χ0n) is 10.9. The van der Waals surface area contributed by atoms with Gasteiger partial charge < -0.3 is 4.57 Å². The van der Waals surface area contributed by atoms with Gasteiger partial charge in [0.2, 0.25) is 0 Å². The number of rotatable bonds is 5. The summed E-state index contributed by atoms with van der Waals surface area (Å²) in [6.07, 6.45) is 5.85. The summed E-state index contributed by atoms with van der Waals surface area (Å²) < 4.78 is 2.07. The third kappa shape index (κ3) is 3.14. The van der Waals surface area contributed by atoms with Gasteiger partial charge in [-0.1, -0.05) is 37.3 Å². The van der Waals surface area contributed by atoms with Crippen LogP contribution in [0, 0.1) is 5.92 Å². The Morgan fingerprint density at radius 1 is 1.28 bits per heavy atom. The second-order valence-corrected chi connectivity index (χ2v) is 5.25. The number of nitrogens with zero attached hydrogens (tertiary/aromatic N) is 2. The maximum Gasteiger partial charge on any atom is 0.108 e. The first kappa shape index (κ1) is 13.2. The number of hydrogen-bond donors (Lipinski definition) is 0. The van der Waals surface area contributed by atoms with Crippen molar-refractivity contribution in [3.63, 3.8) is 0 Å². The highest BCUT2D eigenvalue weighted by molar-refractivity contribution is 6.20. The Bertz CT molecular complexity index is 478. The lowest BCUT2D eigenvalue weighted by atomic mass is 9.96. The molecular formula is C15H19ClN2. The van der Waals surface area contributed by atoms with Crippen molar-refractivity contribution in [3.05, 3.63) is 54.1 Å². The highest BCUT2D eigenvalue weighted by Crippen LogP contribution is 2.31. The van der Waals surface area contributed by atoms with E-state index in [0.29, 0.717) is 5.92 Å². The molecule has 18 heavy (non-hydrogen) atoms. The fourth-order valence-electron chi connectivity index (χ4n) is 2.11. The normalized spacial score (nSPS) is 14.4. The molecule has 0 saturated carbocycles. The third-order valence-corrected chi connectivity index (χ3v) is 4.04. The topological polar surface area (TPSA) is 17.8 Å². The maximum atomic E-state index is 6.51. The molecule has 1 heterocycles. The van der Waals surface area contributed by atoms with E-state index in [2.05, 4.69) is 28.6 Å². The first-order chi connectivity index (χ1) is 8.68. The highest BCUT2D eigenvalue weighted by atomic mass is 35.5. The molecule has 0 spiro atoms. The molecule has 3 heteroatoms. The number of imidazole rings is 1. The summed E-state index contributed by atoms with van der Waals surface area (Å²) in [5, 5.41) is 0.0754. The summed E-state index contributed by atoms with van der Waals surface area (Å²) in [7, 11) is 2.03. The molecule has 0 bridgehead atoms. The van der Waals surface area contributed by atoms with E-state index < -0.39 is 0 Å². The van der Waals surface area contributed by atoms with Crippen molar-refractivity contribution in [1.29, 1.82) is 0 Å². The molecule has 1 aromatic carbocycles. The molecule has 0 N–H and O–H groups in total. The first-order valence-corrected chi connectivity index (χ1v) is 6.77. The Morgan fingerprint density at radius 2 is 2.00 bits per heavy atom. The number of benzene rings is 1. The van der Waals surface area contributed by atoms with Crippen molar-refractivity contribution in [1.82, 2.24) is 9.55 Å². The summed E-state index contributed by atoms with van der Waals surface area (Å²) in [6.45, 7) is 2.20. The lowest BCUT2D eigenvalue weighted by Gasteiger charge is -2.18. The summed E-state index contributed by atoms with van der Waals surface area (Å²) in [4.78, 5) is 4.34. The van der Waals surface area contributed by atoms with Crippen molar-refractivity contribution < 1.29 is 0 Å². The molecular weight excluding hydrogens is 244 g/mol. The van der Waals surface area contributed by atoms with Crippen LogP contribution < -0.4 is 0 Å². The molecule has 2 rings (SSSR count). The van der Waals surface area contributed by atoms with Crippen LogP contribution in [0.25, 0.3) is 0 Å². The van der Waals surface area contributed by atoms with E-state index in [9.17, 15) is 0 Å². The first-order valence-electron chi connectivity index (χ1n) is 6.33. The standard InChI is InChI=1S/C15H19ClN2/c1-12(8-9-14-17-10-11-18(14)2)15(16)13-6-4-3-5-7-13/h3-7,10-12,15H,8-9H2,1-2H3. The van der Waals surface area contributed by atoms with Crippen molar-refractivity contribution in [2.24, 2.45) is 13.0 Å². The van der Waals surface area contributed by atoms with Gasteiger partial charge in [-0.15, -0.1) is 11.6 Å². The number of aryl methyl sites for hydroxylation is 2. The molecule has 0 saturated heterocycles. The molecule has 0 amide bonds. The van der Waals surface area contributed by atoms with Crippen LogP contribution in [0.5, 0.6) is 0 Å². The Kier molecular flexibility index (Phi) is 4.43. The Labute approximate surface area is 114 Å². The molecule has 0 aliphatic heterocycles. The largest absolute Gasteiger partial charge is 0.338 e. The number of hydrogen-bond acceptors (Lipinski definition) is 1. The predicted octanol–water partition coefficient (Wildman–Crippen LogP) is 3.97. The van der Waals surface area contributed by atoms with Gasteiger partial charge in [0.25, 0.3) is 0 Å². The Balaban J connectivity index is 1.92. The van der Waals surface area contributed by atoms with Crippen molar-refractivity contribution in [2.75, 3.05) is 0 Å². The summed E-state index contributed by atoms with van der Waals surface area (Å²) >= 11 is 6.51. The van der Waals surface area contributed by atoms with Gasteiger partial charge in [0.15, 0.2) is 0 Å². The van der Waals surface area contributed by atoms with E-state index in [4.69, 9.17) is 11.6 Å². The van der Waals surface area contributed by atoms with E-state index in [1.54, 1.807) is 0 Å². The zero-order chi connectivity index (χ0) is 13.0. The molecule has 2 atom stereocenters. The highest BCUT2D eigenvalue weighted by Gasteiger charge is 2.16. The van der Waals surface area contributed by atoms with Crippen LogP contribution >= 0.6 is 11.6 Å². The van der Waals surface area contributed by atoms with Gasteiger partial charge in [-0.25, -0.2) is 4.98 Å². The second kappa shape index (κ2) is 6.05. The smallest absolute Gasteiger partial charge is 0.108 e. The van der Waals surface area contributed by atoms with Crippen LogP contribution in [0.3, 0.4) is 0 Å². The van der Waals surface area contributed by atoms with Gasteiger partial charge in [0.1, 0.15) is 5.82 Å². The SMILES string of the molecule is CC(CCc1nccn1C)C(Cl)c1ccccc1. The molecule has 0 radical (unpaired) electrons. The third-order valence-electron chi connectivity index (χ3n) is 3.36. The van der Waals surface area contributed by atoms with E-state index in [1.165, 1.54) is 5.56 Å². The van der Waals surface area contributed by atoms with Crippen molar-refractivity contribution in [3.8, 4) is 0 Å². The van der Waals surface area contributed by atoms with E-state index in [0.717, 1.165) is 18.7 Å². The quantitative estimate of drug-likeness (QED) is 0.746. The van der Waals surface area contributed by atoms with Crippen LogP contribution in [0.2, 0.25) is 0 Å². The molecule has 96 valence electrons. The second-order valence-electron chi connectivity index (χ2n) is 4.78. The average molecular weight is 263 g/mol. The lowest BCUT2D eigenvalue weighted by Crippen LogP contribution is -2.07. The number of halogens is 1. The monoisotopic (exact) mass is 262 g/mol. The maximum absolute atomic E-state index is 6.51. The minimum atomic E-state index is 0.0754. The van der Waals surface area contributed by atoms with Gasteiger partial charge in [-0.2, -0.15) is 0 Å². The molecule has 0 aliphatic carbocycles. The molecule has 2 unspecified atom stereocenters. The molecule has 0 fully saturated rings. The van der Waals surface area contributed by atoms with E-state index in [-0.39, 0.29) is 5.38 Å². The van der Waals surface area contributed by atoms with E-state index >= 15 is 0 Å². The number of aromatic nitrogens is 2. The Hall–Kier alpha value is -1.28. The molecule has 2 nitrogen and oxygen atoms in total. The molecule has 0 aliphatic rings. The summed E-state index contributed by atoms with van der Waals surface area (Å²) in [5.74, 6) is 1.56. The average Bonchev–Trinajstić information content (AvgIpc) is 2.81. The fraction of sp³-hybridized carbons (Fsp3) is 0.400. The van der Waals surface area contributed by atoms with E-state index in [1.807, 2.05) is 37.6 Å². The minimum Gasteiger partial charge on any atom is -0.338 e. The number of alkyl halides is 1. The van der Waals surface area contributed by atoms with Crippen LogP contribution in [0.1, 0.15) is 30.1 Å². The van der Waals surface area contributed by atoms with Crippen molar-refractivity contribution in [2.45, 2.75) is 25.1 Å². The summed E-state index contributed by atoms with van der Waals surface area (Å²) in [5.41, 5.74) is 1.20.